The molecule has 68 heavy (non-hydrogen) atoms. The lowest BCUT2D eigenvalue weighted by molar-refractivity contribution is 0.353. The quantitative estimate of drug-likeness (QED) is 0.0737. The molecule has 0 atom stereocenters. The molecule has 1 aliphatic rings. The Morgan fingerprint density at radius 3 is 0.471 bits per heavy atom. The maximum absolute atomic E-state index is 12.0. The fourth-order valence-corrected chi connectivity index (χ4v) is 9.75. The van der Waals surface area contributed by atoms with E-state index in [1.165, 1.54) is 121 Å². The minimum atomic E-state index is -1.45. The van der Waals surface area contributed by atoms with E-state index in [0.717, 1.165) is 0 Å². The second-order valence-electron chi connectivity index (χ2n) is 16.3. The van der Waals surface area contributed by atoms with Gasteiger partial charge in [0.05, 0.1) is 0 Å². The van der Waals surface area contributed by atoms with Gasteiger partial charge >= 0.3 is 0 Å². The normalized spacial score (nSPS) is 16.6. The van der Waals surface area contributed by atoms with Crippen LogP contribution in [0.2, 0.25) is 20.1 Å². The second kappa shape index (κ2) is 17.3. The van der Waals surface area contributed by atoms with Gasteiger partial charge in [-0.3, -0.25) is 0 Å². The minimum Gasteiger partial charge on any atom is -0.504 e. The maximum atomic E-state index is 12.0. The first-order chi connectivity index (χ1) is 32.4. The summed E-state index contributed by atoms with van der Waals surface area (Å²) >= 11 is 25.4. The molecule has 8 bridgehead atoms. The van der Waals surface area contributed by atoms with Gasteiger partial charge in [-0.1, -0.05) is 94.9 Å². The fourth-order valence-electron chi connectivity index (χ4n) is 9.25. The van der Waals surface area contributed by atoms with Crippen LogP contribution in [-0.4, -0.2) is 61.3 Å². The first-order valence-corrected chi connectivity index (χ1v) is 22.0. The van der Waals surface area contributed by atoms with Crippen LogP contribution in [0.4, 0.5) is 0 Å². The molecule has 1 aliphatic carbocycles. The molecule has 0 amide bonds. The average Bonchev–Trinajstić information content (AvgIpc) is 3.32. The van der Waals surface area contributed by atoms with Crippen LogP contribution in [0, 0.1) is 0 Å². The van der Waals surface area contributed by atoms with Crippen LogP contribution in [0.1, 0.15) is 90.4 Å². The summed E-state index contributed by atoms with van der Waals surface area (Å²) in [5.74, 6) is -17.3. The van der Waals surface area contributed by atoms with Gasteiger partial charge in [-0.2, -0.15) is 0 Å². The Kier molecular flexibility index (Phi) is 11.6. The molecule has 0 unspecified atom stereocenters. The number of phenolic OH excluding ortho intramolecular Hbond substituents is 12. The van der Waals surface area contributed by atoms with E-state index in [2.05, 4.69) is 0 Å². The van der Waals surface area contributed by atoms with Gasteiger partial charge in [-0.15, -0.1) is 0 Å². The first-order valence-electron chi connectivity index (χ1n) is 20.5. The zero-order valence-electron chi connectivity index (χ0n) is 34.7. The lowest BCUT2D eigenvalue weighted by atomic mass is 9.74. The number of hydrogen-bond acceptors (Lipinski definition) is 12. The molecular weight excluding hydrogens is 958 g/mol. The Labute approximate surface area is 406 Å². The molecule has 0 spiro atoms. The van der Waals surface area contributed by atoms with E-state index >= 15 is 0 Å². The van der Waals surface area contributed by atoms with Crippen LogP contribution in [0.3, 0.4) is 0 Å². The van der Waals surface area contributed by atoms with Crippen molar-refractivity contribution in [1.82, 2.24) is 0 Å². The molecule has 9 rings (SSSR count). The summed E-state index contributed by atoms with van der Waals surface area (Å²) < 4.78 is 0. The van der Waals surface area contributed by atoms with Crippen molar-refractivity contribution >= 4 is 46.4 Å². The van der Waals surface area contributed by atoms with Crippen LogP contribution in [0.5, 0.6) is 69.0 Å². The van der Waals surface area contributed by atoms with E-state index in [1.54, 1.807) is 0 Å². The van der Waals surface area contributed by atoms with Gasteiger partial charge in [-0.25, -0.2) is 0 Å². The SMILES string of the molecule is Oc1c2cc(c(O)c1O)C(c1ccc(Cl)cc1)c1cc(c(O)c(O)c1O)C(c1ccc(Cl)cc1)c1cc(c(O)c(O)c1O)C(c1ccc(Cl)cc1)c1cc(c(O)c(O)c1O)C2c1ccc(Cl)cc1. The number of aromatic hydroxyl groups is 12. The van der Waals surface area contributed by atoms with Crippen LogP contribution >= 0.6 is 46.4 Å². The zero-order valence-corrected chi connectivity index (χ0v) is 37.8. The molecule has 8 aromatic rings. The maximum Gasteiger partial charge on any atom is 0.200 e. The largest absolute Gasteiger partial charge is 0.504 e. The second-order valence-corrected chi connectivity index (χ2v) is 18.1. The Bertz CT molecular complexity index is 2750. The van der Waals surface area contributed by atoms with Gasteiger partial charge in [0.1, 0.15) is 0 Å². The molecule has 12 N–H and O–H groups in total. The number of rotatable bonds is 4. The molecule has 0 aromatic heterocycles. The number of halogens is 4. The highest BCUT2D eigenvalue weighted by molar-refractivity contribution is 6.31. The minimum absolute atomic E-state index is 0.229. The average molecular weight is 995 g/mol. The number of fused-ring (bicyclic) bond motifs is 8. The summed E-state index contributed by atoms with van der Waals surface area (Å²) in [6, 6.07) is 29.2. The van der Waals surface area contributed by atoms with Crippen molar-refractivity contribution in [3.8, 4) is 69.0 Å². The third-order valence-corrected chi connectivity index (χ3v) is 13.5. The van der Waals surface area contributed by atoms with Gasteiger partial charge in [0.2, 0.25) is 23.0 Å². The van der Waals surface area contributed by atoms with Gasteiger partial charge in [0, 0.05) is 88.3 Å². The van der Waals surface area contributed by atoms with Crippen molar-refractivity contribution in [3.05, 3.63) is 208 Å². The van der Waals surface area contributed by atoms with Crippen LogP contribution in [-0.2, 0) is 0 Å². The summed E-state index contributed by atoms with van der Waals surface area (Å²) in [5.41, 5.74) is -0.817. The van der Waals surface area contributed by atoms with E-state index in [9.17, 15) is 61.3 Å². The molecule has 0 radical (unpaired) electrons. The van der Waals surface area contributed by atoms with Gasteiger partial charge < -0.3 is 61.3 Å². The van der Waals surface area contributed by atoms with E-state index in [4.69, 9.17) is 46.4 Å². The molecule has 0 saturated heterocycles. The highest BCUT2D eigenvalue weighted by Crippen LogP contribution is 2.60. The molecule has 0 aliphatic heterocycles. The summed E-state index contributed by atoms with van der Waals surface area (Å²) in [6.45, 7) is 0. The smallest absolute Gasteiger partial charge is 0.200 e. The van der Waals surface area contributed by atoms with Crippen LogP contribution in [0.25, 0.3) is 0 Å². The van der Waals surface area contributed by atoms with Gasteiger partial charge in [0.15, 0.2) is 46.0 Å². The monoisotopic (exact) mass is 992 g/mol. The number of benzene rings is 8. The summed E-state index contributed by atoms with van der Waals surface area (Å²) in [4.78, 5) is 0. The third-order valence-electron chi connectivity index (χ3n) is 12.5. The standard InChI is InChI=1S/C52H36Cl4O12/c53-25-9-1-21(2-10-25)37-29-17-31(43(59)49(65)41(29)57)38(22-3-11-26(54)12-4-22)33-19-35(47(63)51(67)45(33)61)40(24-7-15-28(56)16-8-24)36-20-34(46(62)52(68)48(36)64)39(23-5-13-27(55)14-6-23)32-18-30(37)42(58)50(66)44(32)60/h1-20,37-40,57-68H. The number of phenols is 12. The Balaban J connectivity index is 1.54. The highest BCUT2D eigenvalue weighted by atomic mass is 35.5. The van der Waals surface area contributed by atoms with Crippen molar-refractivity contribution < 1.29 is 61.3 Å². The van der Waals surface area contributed by atoms with Gasteiger partial charge in [-0.05, 0) is 95.1 Å². The highest BCUT2D eigenvalue weighted by Gasteiger charge is 2.39. The summed E-state index contributed by atoms with van der Waals surface area (Å²) in [7, 11) is 0. The van der Waals surface area contributed by atoms with Crippen molar-refractivity contribution in [2.45, 2.75) is 23.7 Å². The van der Waals surface area contributed by atoms with E-state index in [0.29, 0.717) is 0 Å². The Morgan fingerprint density at radius 2 is 0.338 bits per heavy atom. The molecule has 0 heterocycles. The van der Waals surface area contributed by atoms with Crippen LogP contribution in [0.15, 0.2) is 121 Å². The summed E-state index contributed by atoms with van der Waals surface area (Å²) in [6.07, 6.45) is 0. The summed E-state index contributed by atoms with van der Waals surface area (Å²) in [5, 5.41) is 144. The fraction of sp³-hybridized carbons (Fsp3) is 0.0769. The molecule has 0 saturated carbocycles. The first kappa shape index (κ1) is 45.7. The lowest BCUT2D eigenvalue weighted by Crippen LogP contribution is -2.13. The van der Waals surface area contributed by atoms with E-state index in [-0.39, 0.29) is 86.9 Å². The molecule has 8 aromatic carbocycles. The zero-order chi connectivity index (χ0) is 48.6. The van der Waals surface area contributed by atoms with Crippen LogP contribution < -0.4 is 0 Å². The molecular formula is C52H36Cl4O12. The predicted octanol–water partition coefficient (Wildman–Crippen LogP) is 11.8. The molecule has 12 nitrogen and oxygen atoms in total. The number of hydrogen-bond donors (Lipinski definition) is 12. The topological polar surface area (TPSA) is 243 Å². The van der Waals surface area contributed by atoms with Crippen molar-refractivity contribution in [2.24, 2.45) is 0 Å². The molecule has 344 valence electrons. The van der Waals surface area contributed by atoms with E-state index in [1.807, 2.05) is 0 Å². The van der Waals surface area contributed by atoms with Crippen molar-refractivity contribution in [2.75, 3.05) is 0 Å². The Morgan fingerprint density at radius 1 is 0.206 bits per heavy atom. The molecule has 0 fully saturated rings. The molecule has 16 heteroatoms. The lowest BCUT2D eigenvalue weighted by Gasteiger charge is -2.30. The van der Waals surface area contributed by atoms with Crippen molar-refractivity contribution in [1.29, 1.82) is 0 Å². The van der Waals surface area contributed by atoms with Gasteiger partial charge in [0.25, 0.3) is 0 Å². The predicted molar refractivity (Wildman–Crippen MR) is 255 cm³/mol. The van der Waals surface area contributed by atoms with E-state index < -0.39 is 92.7 Å². The van der Waals surface area contributed by atoms with Crippen molar-refractivity contribution in [3.63, 3.8) is 0 Å². The third kappa shape index (κ3) is 7.51. The Hall–Kier alpha value is -7.48.